The molecule has 1 amide bonds. The standard InChI is InChI=1S/C16H16N4OS/c1-11-17-16(20-19-11)15(12-6-3-2-4-7-12)18-14(21)10-13-8-5-9-22-13/h2-9,15H,10H2,1H3,(H,18,21)(H,17,19,20)/t15-/m1/s1. The predicted molar refractivity (Wildman–Crippen MR) is 85.6 cm³/mol. The van der Waals surface area contributed by atoms with Crippen LogP contribution in [0, 0.1) is 6.92 Å². The molecule has 5 nitrogen and oxygen atoms in total. The summed E-state index contributed by atoms with van der Waals surface area (Å²) >= 11 is 1.58. The van der Waals surface area contributed by atoms with Crippen LogP contribution in [0.25, 0.3) is 0 Å². The first-order chi connectivity index (χ1) is 10.7. The third-order valence-electron chi connectivity index (χ3n) is 3.23. The maximum atomic E-state index is 12.3. The second-order valence-electron chi connectivity index (χ2n) is 4.95. The summed E-state index contributed by atoms with van der Waals surface area (Å²) in [6, 6.07) is 13.3. The van der Waals surface area contributed by atoms with Crippen LogP contribution in [0.5, 0.6) is 0 Å². The van der Waals surface area contributed by atoms with Crippen LogP contribution in [0.4, 0.5) is 0 Å². The molecule has 0 unspecified atom stereocenters. The van der Waals surface area contributed by atoms with Crippen LogP contribution in [0.1, 0.15) is 28.1 Å². The van der Waals surface area contributed by atoms with Crippen molar-refractivity contribution in [1.29, 1.82) is 0 Å². The first kappa shape index (κ1) is 14.5. The van der Waals surface area contributed by atoms with Gasteiger partial charge in [0.2, 0.25) is 5.91 Å². The van der Waals surface area contributed by atoms with Gasteiger partial charge in [0, 0.05) is 4.88 Å². The largest absolute Gasteiger partial charge is 0.342 e. The monoisotopic (exact) mass is 312 g/mol. The number of nitrogens with zero attached hydrogens (tertiary/aromatic N) is 2. The minimum absolute atomic E-state index is 0.0428. The molecule has 1 atom stereocenters. The number of H-pyrrole nitrogens is 1. The second kappa shape index (κ2) is 6.53. The molecule has 0 radical (unpaired) electrons. The van der Waals surface area contributed by atoms with Crippen molar-refractivity contribution in [2.24, 2.45) is 0 Å². The number of rotatable bonds is 5. The number of nitrogens with one attached hydrogen (secondary N) is 2. The van der Waals surface area contributed by atoms with E-state index in [-0.39, 0.29) is 11.9 Å². The van der Waals surface area contributed by atoms with E-state index in [1.165, 1.54) is 0 Å². The molecule has 2 N–H and O–H groups in total. The van der Waals surface area contributed by atoms with E-state index in [4.69, 9.17) is 0 Å². The molecule has 0 saturated carbocycles. The number of amides is 1. The highest BCUT2D eigenvalue weighted by atomic mass is 32.1. The first-order valence-corrected chi connectivity index (χ1v) is 7.86. The summed E-state index contributed by atoms with van der Waals surface area (Å²) < 4.78 is 0. The number of aromatic nitrogens is 3. The van der Waals surface area contributed by atoms with Gasteiger partial charge in [0.15, 0.2) is 5.82 Å². The lowest BCUT2D eigenvalue weighted by Gasteiger charge is -2.16. The van der Waals surface area contributed by atoms with E-state index in [1.807, 2.05) is 54.8 Å². The van der Waals surface area contributed by atoms with E-state index in [9.17, 15) is 4.79 Å². The average Bonchev–Trinajstić information content (AvgIpc) is 3.17. The summed E-state index contributed by atoms with van der Waals surface area (Å²) in [5, 5.41) is 12.0. The summed E-state index contributed by atoms with van der Waals surface area (Å²) in [7, 11) is 0. The lowest BCUT2D eigenvalue weighted by molar-refractivity contribution is -0.120. The Morgan fingerprint density at radius 3 is 2.73 bits per heavy atom. The van der Waals surface area contributed by atoms with E-state index in [0.717, 1.165) is 16.3 Å². The van der Waals surface area contributed by atoms with Gasteiger partial charge < -0.3 is 5.32 Å². The zero-order valence-corrected chi connectivity index (χ0v) is 12.9. The van der Waals surface area contributed by atoms with Gasteiger partial charge in [-0.25, -0.2) is 4.98 Å². The molecule has 3 rings (SSSR count). The third-order valence-corrected chi connectivity index (χ3v) is 4.10. The number of hydrogen-bond acceptors (Lipinski definition) is 4. The van der Waals surface area contributed by atoms with Crippen molar-refractivity contribution in [2.45, 2.75) is 19.4 Å². The summed E-state index contributed by atoms with van der Waals surface area (Å²) in [6.07, 6.45) is 0.365. The van der Waals surface area contributed by atoms with Gasteiger partial charge in [0.1, 0.15) is 11.9 Å². The van der Waals surface area contributed by atoms with Crippen molar-refractivity contribution >= 4 is 17.2 Å². The fraction of sp³-hybridized carbons (Fsp3) is 0.188. The molecular formula is C16H16N4OS. The van der Waals surface area contributed by atoms with Crippen LogP contribution in [0.15, 0.2) is 47.8 Å². The van der Waals surface area contributed by atoms with Gasteiger partial charge in [-0.15, -0.1) is 11.3 Å². The molecule has 0 saturated heterocycles. The SMILES string of the molecule is Cc1nc([C@H](NC(=O)Cc2cccs2)c2ccccc2)n[nH]1. The maximum Gasteiger partial charge on any atom is 0.226 e. The topological polar surface area (TPSA) is 70.7 Å². The van der Waals surface area contributed by atoms with Crippen LogP contribution in [0.3, 0.4) is 0 Å². The number of hydrogen-bond donors (Lipinski definition) is 2. The highest BCUT2D eigenvalue weighted by Gasteiger charge is 2.20. The zero-order valence-electron chi connectivity index (χ0n) is 12.1. The number of aromatic amines is 1. The van der Waals surface area contributed by atoms with Gasteiger partial charge in [-0.3, -0.25) is 9.89 Å². The molecule has 1 aromatic carbocycles. The Hall–Kier alpha value is -2.47. The normalized spacial score (nSPS) is 12.0. The van der Waals surface area contributed by atoms with Gasteiger partial charge in [0.05, 0.1) is 6.42 Å². The molecule has 0 bridgehead atoms. The van der Waals surface area contributed by atoms with Crippen molar-refractivity contribution in [1.82, 2.24) is 20.5 Å². The molecule has 22 heavy (non-hydrogen) atoms. The predicted octanol–water partition coefficient (Wildman–Crippen LogP) is 2.62. The van der Waals surface area contributed by atoms with Gasteiger partial charge in [-0.2, -0.15) is 5.10 Å². The summed E-state index contributed by atoms with van der Waals surface area (Å²) in [5.41, 5.74) is 0.959. The van der Waals surface area contributed by atoms with Crippen molar-refractivity contribution in [2.75, 3.05) is 0 Å². The molecule has 112 valence electrons. The van der Waals surface area contributed by atoms with E-state index < -0.39 is 0 Å². The van der Waals surface area contributed by atoms with E-state index in [1.54, 1.807) is 11.3 Å². The molecule has 6 heteroatoms. The smallest absolute Gasteiger partial charge is 0.226 e. The van der Waals surface area contributed by atoms with Crippen LogP contribution in [0.2, 0.25) is 0 Å². The summed E-state index contributed by atoms with van der Waals surface area (Å²) in [6.45, 7) is 1.84. The quantitative estimate of drug-likeness (QED) is 0.761. The summed E-state index contributed by atoms with van der Waals surface area (Å²) in [5.74, 6) is 1.26. The number of carbonyl (C=O) groups excluding carboxylic acids is 1. The van der Waals surface area contributed by atoms with Gasteiger partial charge in [0.25, 0.3) is 0 Å². The summed E-state index contributed by atoms with van der Waals surface area (Å²) in [4.78, 5) is 17.7. The van der Waals surface area contributed by atoms with Crippen LogP contribution in [-0.2, 0) is 11.2 Å². The van der Waals surface area contributed by atoms with E-state index in [2.05, 4.69) is 20.5 Å². The molecule has 0 fully saturated rings. The highest BCUT2D eigenvalue weighted by molar-refractivity contribution is 7.10. The Morgan fingerprint density at radius 1 is 1.27 bits per heavy atom. The number of benzene rings is 1. The molecule has 0 aliphatic heterocycles. The van der Waals surface area contributed by atoms with E-state index >= 15 is 0 Å². The van der Waals surface area contributed by atoms with Gasteiger partial charge >= 0.3 is 0 Å². The zero-order chi connectivity index (χ0) is 15.4. The fourth-order valence-electron chi connectivity index (χ4n) is 2.21. The van der Waals surface area contributed by atoms with Crippen molar-refractivity contribution in [3.8, 4) is 0 Å². The van der Waals surface area contributed by atoms with Crippen molar-refractivity contribution in [3.63, 3.8) is 0 Å². The fourth-order valence-corrected chi connectivity index (χ4v) is 2.92. The Labute approximate surface area is 132 Å². The Morgan fingerprint density at radius 2 is 2.09 bits per heavy atom. The Kier molecular flexibility index (Phi) is 4.29. The van der Waals surface area contributed by atoms with Crippen LogP contribution in [-0.4, -0.2) is 21.1 Å². The minimum Gasteiger partial charge on any atom is -0.342 e. The Balaban J connectivity index is 1.81. The number of aryl methyl sites for hydroxylation is 1. The van der Waals surface area contributed by atoms with Crippen molar-refractivity contribution in [3.05, 3.63) is 69.9 Å². The average molecular weight is 312 g/mol. The van der Waals surface area contributed by atoms with Gasteiger partial charge in [-0.05, 0) is 23.9 Å². The molecular weight excluding hydrogens is 296 g/mol. The van der Waals surface area contributed by atoms with E-state index in [0.29, 0.717) is 12.2 Å². The Bertz CT molecular complexity index is 737. The third kappa shape index (κ3) is 3.40. The van der Waals surface area contributed by atoms with Crippen LogP contribution >= 0.6 is 11.3 Å². The second-order valence-corrected chi connectivity index (χ2v) is 5.98. The minimum atomic E-state index is -0.349. The first-order valence-electron chi connectivity index (χ1n) is 6.98. The molecule has 2 aromatic heterocycles. The number of thiophene rings is 1. The van der Waals surface area contributed by atoms with Crippen LogP contribution < -0.4 is 5.32 Å². The maximum absolute atomic E-state index is 12.3. The molecule has 3 aromatic rings. The molecule has 0 spiro atoms. The molecule has 2 heterocycles. The van der Waals surface area contributed by atoms with Gasteiger partial charge in [-0.1, -0.05) is 36.4 Å². The number of carbonyl (C=O) groups is 1. The molecule has 0 aliphatic rings. The lowest BCUT2D eigenvalue weighted by atomic mass is 10.1. The molecule has 0 aliphatic carbocycles. The highest BCUT2D eigenvalue weighted by Crippen LogP contribution is 2.19. The lowest BCUT2D eigenvalue weighted by Crippen LogP contribution is -2.31. The van der Waals surface area contributed by atoms with Crippen molar-refractivity contribution < 1.29 is 4.79 Å².